The Morgan fingerprint density at radius 3 is 2.58 bits per heavy atom. The minimum absolute atomic E-state index is 0.0212. The van der Waals surface area contributed by atoms with Crippen LogP contribution in [-0.2, 0) is 11.3 Å². The summed E-state index contributed by atoms with van der Waals surface area (Å²) in [5.41, 5.74) is 4.32. The Kier molecular flexibility index (Phi) is 6.73. The van der Waals surface area contributed by atoms with Gasteiger partial charge in [0.1, 0.15) is 5.82 Å². The maximum absolute atomic E-state index is 15.1. The number of amides is 2. The van der Waals surface area contributed by atoms with Gasteiger partial charge in [0.15, 0.2) is 0 Å². The standard InChI is InChI=1S/C23H26F3N5O2/c1-15-5-3-4-6-19(15)31(23(32)30-11-9-29(2)10-12-30)14-17-8-7-16(13-18(17)24)21-27-28-22(33-21)20(25)26/h3-8,13,20,22,28H,9-12,14H2,1-2H3. The summed E-state index contributed by atoms with van der Waals surface area (Å²) >= 11 is 0. The fraction of sp³-hybridized carbons (Fsp3) is 0.391. The molecule has 2 aromatic rings. The first-order valence-corrected chi connectivity index (χ1v) is 10.7. The molecule has 0 saturated carbocycles. The summed E-state index contributed by atoms with van der Waals surface area (Å²) in [4.78, 5) is 18.9. The van der Waals surface area contributed by atoms with Gasteiger partial charge in [-0.1, -0.05) is 24.3 Å². The van der Waals surface area contributed by atoms with Crippen molar-refractivity contribution >= 4 is 17.6 Å². The number of hydrazone groups is 1. The Morgan fingerprint density at radius 2 is 1.94 bits per heavy atom. The second-order valence-corrected chi connectivity index (χ2v) is 8.17. The number of urea groups is 1. The lowest BCUT2D eigenvalue weighted by Gasteiger charge is -2.36. The van der Waals surface area contributed by atoms with E-state index in [0.29, 0.717) is 24.3 Å². The topological polar surface area (TPSA) is 60.4 Å². The van der Waals surface area contributed by atoms with Crippen LogP contribution >= 0.6 is 0 Å². The fourth-order valence-electron chi connectivity index (χ4n) is 3.81. The summed E-state index contributed by atoms with van der Waals surface area (Å²) in [5, 5.41) is 3.72. The molecule has 33 heavy (non-hydrogen) atoms. The highest BCUT2D eigenvalue weighted by molar-refractivity contribution is 5.95. The number of nitrogens with zero attached hydrogens (tertiary/aromatic N) is 4. The lowest BCUT2D eigenvalue weighted by atomic mass is 10.1. The monoisotopic (exact) mass is 461 g/mol. The Morgan fingerprint density at radius 1 is 1.21 bits per heavy atom. The number of halogens is 3. The summed E-state index contributed by atoms with van der Waals surface area (Å²) in [5.74, 6) is -0.681. The third-order valence-corrected chi connectivity index (χ3v) is 5.80. The number of piperazine rings is 1. The first-order chi connectivity index (χ1) is 15.8. The number of para-hydroxylation sites is 1. The fourth-order valence-corrected chi connectivity index (χ4v) is 3.81. The molecule has 4 rings (SSSR count). The summed E-state index contributed by atoms with van der Waals surface area (Å²) in [6.07, 6.45) is -4.32. The van der Waals surface area contributed by atoms with E-state index >= 15 is 4.39 Å². The quantitative estimate of drug-likeness (QED) is 0.742. The van der Waals surface area contributed by atoms with Crippen LogP contribution in [0.25, 0.3) is 0 Å². The summed E-state index contributed by atoms with van der Waals surface area (Å²) in [6.45, 7) is 4.65. The number of carbonyl (C=O) groups is 1. The van der Waals surface area contributed by atoms with E-state index < -0.39 is 18.5 Å². The number of ether oxygens (including phenoxy) is 1. The first-order valence-electron chi connectivity index (χ1n) is 10.7. The minimum atomic E-state index is -2.77. The number of likely N-dealkylation sites (N-methyl/N-ethyl adjacent to an activating group) is 1. The average molecular weight is 461 g/mol. The lowest BCUT2D eigenvalue weighted by Crippen LogP contribution is -2.52. The number of hydrogen-bond acceptors (Lipinski definition) is 5. The molecule has 1 atom stereocenters. The smallest absolute Gasteiger partial charge is 0.324 e. The van der Waals surface area contributed by atoms with Crippen LogP contribution < -0.4 is 10.3 Å². The summed E-state index contributed by atoms with van der Waals surface area (Å²) in [7, 11) is 2.01. The van der Waals surface area contributed by atoms with E-state index in [1.54, 1.807) is 15.9 Å². The van der Waals surface area contributed by atoms with Gasteiger partial charge in [0.2, 0.25) is 12.1 Å². The molecule has 1 unspecified atom stereocenters. The number of anilines is 1. The molecule has 1 N–H and O–H groups in total. The maximum atomic E-state index is 15.1. The summed E-state index contributed by atoms with van der Waals surface area (Å²) < 4.78 is 45.7. The predicted molar refractivity (Wildman–Crippen MR) is 119 cm³/mol. The average Bonchev–Trinajstić information content (AvgIpc) is 3.30. The van der Waals surface area contributed by atoms with E-state index in [9.17, 15) is 13.6 Å². The van der Waals surface area contributed by atoms with Crippen molar-refractivity contribution in [2.75, 3.05) is 38.1 Å². The molecule has 2 amide bonds. The van der Waals surface area contributed by atoms with Gasteiger partial charge in [-0.25, -0.2) is 18.0 Å². The third-order valence-electron chi connectivity index (χ3n) is 5.80. The van der Waals surface area contributed by atoms with Crippen LogP contribution in [0.5, 0.6) is 0 Å². The van der Waals surface area contributed by atoms with Crippen LogP contribution in [0.3, 0.4) is 0 Å². The Hall–Kier alpha value is -3.27. The molecular formula is C23H26F3N5O2. The van der Waals surface area contributed by atoms with Gasteiger partial charge >= 0.3 is 6.03 Å². The van der Waals surface area contributed by atoms with Gasteiger partial charge in [0.05, 0.1) is 6.54 Å². The molecule has 2 aromatic carbocycles. The second-order valence-electron chi connectivity index (χ2n) is 8.17. The van der Waals surface area contributed by atoms with Gasteiger partial charge < -0.3 is 14.5 Å². The van der Waals surface area contributed by atoms with Crippen LogP contribution in [0.2, 0.25) is 0 Å². The van der Waals surface area contributed by atoms with Crippen molar-refractivity contribution in [2.24, 2.45) is 5.10 Å². The minimum Gasteiger partial charge on any atom is -0.445 e. The number of rotatable bonds is 5. The van der Waals surface area contributed by atoms with Gasteiger partial charge in [0, 0.05) is 43.0 Å². The lowest BCUT2D eigenvalue weighted by molar-refractivity contribution is 0.000583. The maximum Gasteiger partial charge on any atom is 0.324 e. The number of carbonyl (C=O) groups excluding carboxylic acids is 1. The zero-order valence-corrected chi connectivity index (χ0v) is 18.5. The van der Waals surface area contributed by atoms with Gasteiger partial charge in [-0.05, 0) is 37.7 Å². The summed E-state index contributed by atoms with van der Waals surface area (Å²) in [6, 6.07) is 11.5. The van der Waals surface area contributed by atoms with E-state index in [1.165, 1.54) is 12.1 Å². The van der Waals surface area contributed by atoms with Crippen LogP contribution in [0.4, 0.5) is 23.7 Å². The first kappa shape index (κ1) is 22.9. The van der Waals surface area contributed by atoms with Gasteiger partial charge in [0.25, 0.3) is 6.43 Å². The van der Waals surface area contributed by atoms with Crippen molar-refractivity contribution < 1.29 is 22.7 Å². The highest BCUT2D eigenvalue weighted by atomic mass is 19.3. The SMILES string of the molecule is Cc1ccccc1N(Cc1ccc(C2=NNC(C(F)F)O2)cc1F)C(=O)N1CCN(C)CC1. The van der Waals surface area contributed by atoms with E-state index in [1.807, 2.05) is 38.2 Å². The van der Waals surface area contributed by atoms with Crippen molar-refractivity contribution in [3.8, 4) is 0 Å². The molecule has 0 spiro atoms. The Balaban J connectivity index is 1.57. The van der Waals surface area contributed by atoms with Crippen molar-refractivity contribution in [1.82, 2.24) is 15.2 Å². The van der Waals surface area contributed by atoms with Crippen LogP contribution in [0.15, 0.2) is 47.6 Å². The highest BCUT2D eigenvalue weighted by Crippen LogP contribution is 2.25. The Labute approximate surface area is 190 Å². The normalized spacial score (nSPS) is 18.7. The molecule has 0 radical (unpaired) electrons. The molecule has 1 saturated heterocycles. The molecular weight excluding hydrogens is 435 g/mol. The van der Waals surface area contributed by atoms with Crippen molar-refractivity contribution in [3.63, 3.8) is 0 Å². The third kappa shape index (κ3) is 5.05. The molecule has 0 aromatic heterocycles. The molecule has 2 aliphatic rings. The van der Waals surface area contributed by atoms with Crippen LogP contribution in [-0.4, -0.2) is 67.6 Å². The van der Waals surface area contributed by atoms with Crippen LogP contribution in [0.1, 0.15) is 16.7 Å². The van der Waals surface area contributed by atoms with E-state index in [-0.39, 0.29) is 24.0 Å². The number of alkyl halides is 2. The number of hydrogen-bond donors (Lipinski definition) is 1. The van der Waals surface area contributed by atoms with E-state index in [4.69, 9.17) is 4.74 Å². The molecule has 0 aliphatic carbocycles. The predicted octanol–water partition coefficient (Wildman–Crippen LogP) is 3.38. The zero-order chi connectivity index (χ0) is 23.5. The highest BCUT2D eigenvalue weighted by Gasteiger charge is 2.30. The zero-order valence-electron chi connectivity index (χ0n) is 18.5. The molecule has 10 heteroatoms. The van der Waals surface area contributed by atoms with E-state index in [0.717, 1.165) is 18.7 Å². The van der Waals surface area contributed by atoms with Gasteiger partial charge in [-0.3, -0.25) is 10.3 Å². The number of aryl methyl sites for hydroxylation is 1. The second kappa shape index (κ2) is 9.70. The molecule has 0 bridgehead atoms. The molecule has 7 nitrogen and oxygen atoms in total. The largest absolute Gasteiger partial charge is 0.445 e. The molecule has 2 heterocycles. The van der Waals surface area contributed by atoms with Crippen molar-refractivity contribution in [2.45, 2.75) is 26.1 Å². The molecule has 2 aliphatic heterocycles. The molecule has 1 fully saturated rings. The van der Waals surface area contributed by atoms with Gasteiger partial charge in [-0.2, -0.15) is 0 Å². The molecule has 176 valence electrons. The number of benzene rings is 2. The Bertz CT molecular complexity index is 1040. The van der Waals surface area contributed by atoms with Gasteiger partial charge in [-0.15, -0.1) is 5.10 Å². The van der Waals surface area contributed by atoms with Crippen LogP contribution in [0, 0.1) is 12.7 Å². The van der Waals surface area contributed by atoms with E-state index in [2.05, 4.69) is 15.4 Å². The van der Waals surface area contributed by atoms with Crippen molar-refractivity contribution in [3.05, 3.63) is 65.0 Å². The van der Waals surface area contributed by atoms with Crippen molar-refractivity contribution in [1.29, 1.82) is 0 Å². The number of nitrogens with one attached hydrogen (secondary N) is 1.